The Hall–Kier alpha value is -3.27. The first kappa shape index (κ1) is 21.4. The summed E-state index contributed by atoms with van der Waals surface area (Å²) in [7, 11) is 1.55. The molecule has 1 aliphatic rings. The molecule has 0 bridgehead atoms. The van der Waals surface area contributed by atoms with Crippen LogP contribution in [0.3, 0.4) is 0 Å². The van der Waals surface area contributed by atoms with Crippen molar-refractivity contribution in [2.75, 3.05) is 27.1 Å². The quantitative estimate of drug-likeness (QED) is 0.446. The number of fused-ring (bicyclic) bond motifs is 1. The van der Waals surface area contributed by atoms with Crippen LogP contribution >= 0.6 is 15.9 Å². The van der Waals surface area contributed by atoms with Gasteiger partial charge in [0.25, 0.3) is 11.8 Å². The number of carbonyl (C=O) groups is 2. The van der Waals surface area contributed by atoms with Gasteiger partial charge in [-0.3, -0.25) is 9.59 Å². The molecule has 2 amide bonds. The number of ether oxygens (including phenoxy) is 4. The maximum atomic E-state index is 12.2. The molecule has 30 heavy (non-hydrogen) atoms. The molecular weight excluding hydrogens is 458 g/mol. The van der Waals surface area contributed by atoms with Gasteiger partial charge in [0.2, 0.25) is 6.79 Å². The summed E-state index contributed by atoms with van der Waals surface area (Å²) in [6, 6.07) is 8.31. The molecule has 0 atom stereocenters. The molecular formula is C20H20BrN3O6. The zero-order valence-corrected chi connectivity index (χ0v) is 17.9. The average Bonchev–Trinajstić information content (AvgIpc) is 3.20. The first-order valence-electron chi connectivity index (χ1n) is 9.02. The van der Waals surface area contributed by atoms with Gasteiger partial charge in [0.1, 0.15) is 0 Å². The Bertz CT molecular complexity index is 979. The molecule has 1 aliphatic heterocycles. The summed E-state index contributed by atoms with van der Waals surface area (Å²) in [4.78, 5) is 24.1. The molecule has 9 nitrogen and oxygen atoms in total. The maximum absolute atomic E-state index is 12.2. The van der Waals surface area contributed by atoms with E-state index >= 15 is 0 Å². The van der Waals surface area contributed by atoms with Gasteiger partial charge in [0.15, 0.2) is 23.0 Å². The molecule has 2 N–H and O–H groups in total. The number of methoxy groups -OCH3 is 1. The van der Waals surface area contributed by atoms with E-state index in [1.165, 1.54) is 6.21 Å². The fourth-order valence-electron chi connectivity index (χ4n) is 2.64. The average molecular weight is 478 g/mol. The first-order valence-corrected chi connectivity index (χ1v) is 9.81. The molecule has 0 saturated carbocycles. The lowest BCUT2D eigenvalue weighted by molar-refractivity contribution is -0.120. The van der Waals surface area contributed by atoms with Gasteiger partial charge in [-0.25, -0.2) is 5.43 Å². The predicted octanol–water partition coefficient (Wildman–Crippen LogP) is 2.47. The molecule has 2 aromatic carbocycles. The van der Waals surface area contributed by atoms with Gasteiger partial charge < -0.3 is 24.3 Å². The molecule has 0 fully saturated rings. The van der Waals surface area contributed by atoms with Crippen LogP contribution in [-0.2, 0) is 4.79 Å². The number of hydrogen-bond donors (Lipinski definition) is 2. The van der Waals surface area contributed by atoms with E-state index in [1.807, 2.05) is 6.92 Å². The van der Waals surface area contributed by atoms with Gasteiger partial charge in [0.05, 0.1) is 30.9 Å². The van der Waals surface area contributed by atoms with Crippen molar-refractivity contribution in [3.8, 4) is 23.0 Å². The Labute approximate surface area is 181 Å². The van der Waals surface area contributed by atoms with Gasteiger partial charge in [-0.15, -0.1) is 0 Å². The Balaban J connectivity index is 1.53. The summed E-state index contributed by atoms with van der Waals surface area (Å²) in [5.41, 5.74) is 3.42. The van der Waals surface area contributed by atoms with Gasteiger partial charge in [-0.2, -0.15) is 5.10 Å². The molecule has 10 heteroatoms. The predicted molar refractivity (Wildman–Crippen MR) is 112 cm³/mol. The third kappa shape index (κ3) is 5.20. The standard InChI is InChI=1S/C20H20BrN3O6/c1-3-28-17-7-12(6-14(21)19(17)27-2)9-23-24-18(25)10-22-20(26)13-4-5-15-16(8-13)30-11-29-15/h4-9H,3,10-11H2,1-2H3,(H,22,26)(H,24,25)/b23-9+. The second kappa shape index (κ2) is 9.97. The SMILES string of the molecule is CCOc1cc(/C=N/NC(=O)CNC(=O)c2ccc3c(c2)OCO3)cc(Br)c1OC. The van der Waals surface area contributed by atoms with Crippen LogP contribution in [0.15, 0.2) is 39.9 Å². The number of hydrogen-bond acceptors (Lipinski definition) is 7. The van der Waals surface area contributed by atoms with Crippen molar-refractivity contribution in [2.24, 2.45) is 5.10 Å². The fourth-order valence-corrected chi connectivity index (χ4v) is 3.26. The summed E-state index contributed by atoms with van der Waals surface area (Å²) in [5, 5.41) is 6.43. The van der Waals surface area contributed by atoms with Crippen molar-refractivity contribution in [3.05, 3.63) is 45.9 Å². The summed E-state index contributed by atoms with van der Waals surface area (Å²) in [6.45, 7) is 2.23. The van der Waals surface area contributed by atoms with E-state index in [2.05, 4.69) is 31.8 Å². The second-order valence-corrected chi connectivity index (χ2v) is 6.87. The largest absolute Gasteiger partial charge is 0.492 e. The second-order valence-electron chi connectivity index (χ2n) is 6.01. The monoisotopic (exact) mass is 477 g/mol. The molecule has 0 radical (unpaired) electrons. The Morgan fingerprint density at radius 3 is 2.80 bits per heavy atom. The number of nitrogens with one attached hydrogen (secondary N) is 2. The zero-order chi connectivity index (χ0) is 21.5. The van der Waals surface area contributed by atoms with Gasteiger partial charge in [-0.05, 0) is 58.7 Å². The third-order valence-corrected chi connectivity index (χ3v) is 4.57. The highest BCUT2D eigenvalue weighted by atomic mass is 79.9. The first-order chi connectivity index (χ1) is 14.5. The number of carbonyl (C=O) groups excluding carboxylic acids is 2. The highest BCUT2D eigenvalue weighted by molar-refractivity contribution is 9.10. The van der Waals surface area contributed by atoms with Crippen LogP contribution in [0, 0.1) is 0 Å². The van der Waals surface area contributed by atoms with Crippen LogP contribution in [0.4, 0.5) is 0 Å². The summed E-state index contributed by atoms with van der Waals surface area (Å²) in [6.07, 6.45) is 1.46. The van der Waals surface area contributed by atoms with Crippen LogP contribution in [0.5, 0.6) is 23.0 Å². The molecule has 0 spiro atoms. The van der Waals surface area contributed by atoms with Crippen molar-refractivity contribution in [1.82, 2.24) is 10.7 Å². The van der Waals surface area contributed by atoms with E-state index in [9.17, 15) is 9.59 Å². The van der Waals surface area contributed by atoms with Crippen molar-refractivity contribution in [1.29, 1.82) is 0 Å². The van der Waals surface area contributed by atoms with Gasteiger partial charge >= 0.3 is 0 Å². The minimum Gasteiger partial charge on any atom is -0.492 e. The van der Waals surface area contributed by atoms with Crippen LogP contribution < -0.4 is 29.7 Å². The molecule has 1 heterocycles. The molecule has 158 valence electrons. The van der Waals surface area contributed by atoms with Crippen molar-refractivity contribution in [2.45, 2.75) is 6.92 Å². The van der Waals surface area contributed by atoms with Crippen LogP contribution in [0.25, 0.3) is 0 Å². The number of hydrazone groups is 1. The smallest absolute Gasteiger partial charge is 0.259 e. The van der Waals surface area contributed by atoms with E-state index in [-0.39, 0.29) is 13.3 Å². The minimum atomic E-state index is -0.474. The number of amides is 2. The molecule has 0 saturated heterocycles. The van der Waals surface area contributed by atoms with Crippen LogP contribution in [0.2, 0.25) is 0 Å². The summed E-state index contributed by atoms with van der Waals surface area (Å²) in [5.74, 6) is 1.32. The van der Waals surface area contributed by atoms with E-state index in [0.29, 0.717) is 45.2 Å². The topological polar surface area (TPSA) is 107 Å². The number of nitrogens with zero attached hydrogens (tertiary/aromatic N) is 1. The highest BCUT2D eigenvalue weighted by Gasteiger charge is 2.16. The molecule has 0 aromatic heterocycles. The normalized spacial score (nSPS) is 12.0. The lowest BCUT2D eigenvalue weighted by atomic mass is 10.2. The van der Waals surface area contributed by atoms with Crippen molar-refractivity contribution in [3.63, 3.8) is 0 Å². The van der Waals surface area contributed by atoms with Crippen LogP contribution in [-0.4, -0.2) is 45.1 Å². The number of rotatable bonds is 8. The van der Waals surface area contributed by atoms with Crippen molar-refractivity contribution >= 4 is 34.0 Å². The third-order valence-electron chi connectivity index (χ3n) is 3.98. The Kier molecular flexibility index (Phi) is 7.12. The summed E-state index contributed by atoms with van der Waals surface area (Å²) >= 11 is 3.41. The zero-order valence-electron chi connectivity index (χ0n) is 16.4. The molecule has 2 aromatic rings. The highest BCUT2D eigenvalue weighted by Crippen LogP contribution is 2.36. The minimum absolute atomic E-state index is 0.123. The Morgan fingerprint density at radius 1 is 1.23 bits per heavy atom. The van der Waals surface area contributed by atoms with Gasteiger partial charge in [0, 0.05) is 5.56 Å². The molecule has 0 aliphatic carbocycles. The van der Waals surface area contributed by atoms with E-state index < -0.39 is 11.8 Å². The number of benzene rings is 2. The fraction of sp³-hybridized carbons (Fsp3) is 0.250. The van der Waals surface area contributed by atoms with E-state index in [4.69, 9.17) is 18.9 Å². The maximum Gasteiger partial charge on any atom is 0.259 e. The van der Waals surface area contributed by atoms with E-state index in [0.717, 1.165) is 0 Å². The Morgan fingerprint density at radius 2 is 2.03 bits per heavy atom. The van der Waals surface area contributed by atoms with Crippen LogP contribution in [0.1, 0.15) is 22.8 Å². The van der Waals surface area contributed by atoms with E-state index in [1.54, 1.807) is 37.4 Å². The molecule has 0 unspecified atom stereocenters. The lowest BCUT2D eigenvalue weighted by Crippen LogP contribution is -2.34. The van der Waals surface area contributed by atoms with Gasteiger partial charge in [-0.1, -0.05) is 0 Å². The summed E-state index contributed by atoms with van der Waals surface area (Å²) < 4.78 is 22.0. The molecule has 3 rings (SSSR count). The van der Waals surface area contributed by atoms with Crippen molar-refractivity contribution < 1.29 is 28.5 Å². The lowest BCUT2D eigenvalue weighted by Gasteiger charge is -2.11. The number of halogens is 1.